The maximum Gasteiger partial charge on any atom is 0.306 e. The maximum absolute atomic E-state index is 13.3. The molecule has 0 saturated heterocycles. The van der Waals surface area contributed by atoms with Crippen LogP contribution in [0.15, 0.2) is 0 Å². The zero-order valence-corrected chi connectivity index (χ0v) is 7.44. The summed E-state index contributed by atoms with van der Waals surface area (Å²) in [5.41, 5.74) is 3.75. The average Bonchev–Trinajstić information content (AvgIpc) is 2.33. The van der Waals surface area contributed by atoms with Crippen molar-refractivity contribution in [3.8, 4) is 0 Å². The van der Waals surface area contributed by atoms with Crippen LogP contribution >= 0.6 is 12.4 Å². The van der Waals surface area contributed by atoms with E-state index in [1.807, 2.05) is 0 Å². The average molecular weight is 198 g/mol. The molecular formula is C7H13ClFNO2. The van der Waals surface area contributed by atoms with Crippen LogP contribution < -0.4 is 5.73 Å². The van der Waals surface area contributed by atoms with Gasteiger partial charge in [0.05, 0.1) is 5.92 Å². The maximum atomic E-state index is 13.3. The molecule has 1 aliphatic carbocycles. The van der Waals surface area contributed by atoms with Crippen LogP contribution in [0, 0.1) is 5.92 Å². The van der Waals surface area contributed by atoms with E-state index in [9.17, 15) is 9.18 Å². The number of rotatable bonds is 2. The van der Waals surface area contributed by atoms with Gasteiger partial charge in [0.1, 0.15) is 5.67 Å². The molecule has 0 bridgehead atoms. The van der Waals surface area contributed by atoms with E-state index < -0.39 is 17.6 Å². The highest BCUT2D eigenvalue weighted by atomic mass is 35.5. The number of nitrogens with two attached hydrogens (primary N) is 1. The summed E-state index contributed by atoms with van der Waals surface area (Å²) in [5.74, 6) is -1.43. The van der Waals surface area contributed by atoms with Crippen molar-refractivity contribution in [1.29, 1.82) is 0 Å². The van der Waals surface area contributed by atoms with E-state index in [1.165, 1.54) is 0 Å². The molecule has 0 unspecified atom stereocenters. The first-order valence-electron chi connectivity index (χ1n) is 3.69. The van der Waals surface area contributed by atoms with Crippen molar-refractivity contribution in [3.63, 3.8) is 0 Å². The summed E-state index contributed by atoms with van der Waals surface area (Å²) in [6.07, 6.45) is 0.794. The largest absolute Gasteiger partial charge is 0.481 e. The Hall–Kier alpha value is -0.350. The van der Waals surface area contributed by atoms with Gasteiger partial charge in [-0.3, -0.25) is 4.79 Å². The van der Waals surface area contributed by atoms with Gasteiger partial charge in [0.2, 0.25) is 0 Å². The van der Waals surface area contributed by atoms with Gasteiger partial charge in [0.25, 0.3) is 0 Å². The molecule has 2 atom stereocenters. The van der Waals surface area contributed by atoms with E-state index in [0.717, 1.165) is 0 Å². The molecule has 0 aromatic carbocycles. The second-order valence-corrected chi connectivity index (χ2v) is 3.13. The molecule has 0 amide bonds. The van der Waals surface area contributed by atoms with Gasteiger partial charge in [0, 0.05) is 6.54 Å². The lowest BCUT2D eigenvalue weighted by molar-refractivity contribution is -0.141. The van der Waals surface area contributed by atoms with Gasteiger partial charge in [-0.15, -0.1) is 12.4 Å². The van der Waals surface area contributed by atoms with E-state index >= 15 is 0 Å². The molecular weight excluding hydrogens is 185 g/mol. The lowest BCUT2D eigenvalue weighted by Gasteiger charge is -2.15. The minimum atomic E-state index is -1.41. The summed E-state index contributed by atoms with van der Waals surface area (Å²) in [7, 11) is 0. The van der Waals surface area contributed by atoms with E-state index in [0.29, 0.717) is 12.8 Å². The summed E-state index contributed by atoms with van der Waals surface area (Å²) >= 11 is 0. The van der Waals surface area contributed by atoms with Crippen LogP contribution in [0.1, 0.15) is 19.3 Å². The molecule has 3 nitrogen and oxygen atoms in total. The number of hydrogen-bond acceptors (Lipinski definition) is 2. The lowest BCUT2D eigenvalue weighted by Crippen LogP contribution is -2.30. The summed E-state index contributed by atoms with van der Waals surface area (Å²) in [4.78, 5) is 10.4. The van der Waals surface area contributed by atoms with Gasteiger partial charge in [-0.25, -0.2) is 4.39 Å². The second kappa shape index (κ2) is 4.05. The lowest BCUT2D eigenvalue weighted by atomic mass is 10.0. The molecule has 1 rings (SSSR count). The summed E-state index contributed by atoms with van der Waals surface area (Å²) in [6, 6.07) is 0. The van der Waals surface area contributed by atoms with E-state index in [1.54, 1.807) is 0 Å². The molecule has 1 fully saturated rings. The van der Waals surface area contributed by atoms with Gasteiger partial charge in [-0.2, -0.15) is 0 Å². The van der Waals surface area contributed by atoms with Crippen molar-refractivity contribution in [2.24, 2.45) is 11.7 Å². The van der Waals surface area contributed by atoms with Crippen LogP contribution in [0.25, 0.3) is 0 Å². The topological polar surface area (TPSA) is 63.3 Å². The van der Waals surface area contributed by atoms with Gasteiger partial charge in [-0.1, -0.05) is 0 Å². The number of halogens is 2. The van der Waals surface area contributed by atoms with Crippen LogP contribution in [0.5, 0.6) is 0 Å². The highest BCUT2D eigenvalue weighted by Gasteiger charge is 2.41. The molecule has 0 spiro atoms. The summed E-state index contributed by atoms with van der Waals surface area (Å²) in [6.45, 7) is -0.0587. The van der Waals surface area contributed by atoms with Crippen LogP contribution in [-0.2, 0) is 4.79 Å². The standard InChI is InChI=1S/C7H12FNO2.ClH/c8-7(4-9)2-1-5(3-7)6(10)11;/h5H,1-4,9H2,(H,10,11);1H/t5-,7+;/m0./s1. The first-order chi connectivity index (χ1) is 5.07. The summed E-state index contributed by atoms with van der Waals surface area (Å²) in [5, 5.41) is 8.53. The third-order valence-electron chi connectivity index (χ3n) is 2.27. The first kappa shape index (κ1) is 11.6. The number of alkyl halides is 1. The highest BCUT2D eigenvalue weighted by molar-refractivity contribution is 5.85. The first-order valence-corrected chi connectivity index (χ1v) is 3.69. The molecule has 0 aromatic heterocycles. The highest BCUT2D eigenvalue weighted by Crippen LogP contribution is 2.36. The van der Waals surface area contributed by atoms with Crippen LogP contribution in [0.4, 0.5) is 4.39 Å². The van der Waals surface area contributed by atoms with Crippen molar-refractivity contribution in [2.45, 2.75) is 24.9 Å². The minimum absolute atomic E-state index is 0. The quantitative estimate of drug-likeness (QED) is 0.693. The number of carbonyl (C=O) groups is 1. The number of aliphatic carboxylic acids is 1. The Morgan fingerprint density at radius 1 is 1.75 bits per heavy atom. The Morgan fingerprint density at radius 2 is 2.33 bits per heavy atom. The normalized spacial score (nSPS) is 34.3. The molecule has 0 aromatic rings. The zero-order chi connectivity index (χ0) is 8.48. The van der Waals surface area contributed by atoms with Gasteiger partial charge < -0.3 is 10.8 Å². The Balaban J connectivity index is 0.00000121. The molecule has 0 heterocycles. The molecule has 72 valence electrons. The number of hydrogen-bond donors (Lipinski definition) is 2. The predicted octanol–water partition coefficient (Wildman–Crippen LogP) is 0.960. The Morgan fingerprint density at radius 3 is 2.58 bits per heavy atom. The fraction of sp³-hybridized carbons (Fsp3) is 0.857. The molecule has 1 aliphatic rings. The monoisotopic (exact) mass is 197 g/mol. The van der Waals surface area contributed by atoms with E-state index in [2.05, 4.69) is 0 Å². The molecule has 0 radical (unpaired) electrons. The SMILES string of the molecule is Cl.NC[C@@]1(F)CC[C@H](C(=O)O)C1. The number of carboxylic acids is 1. The third-order valence-corrected chi connectivity index (χ3v) is 2.27. The molecule has 1 saturated carbocycles. The van der Waals surface area contributed by atoms with Gasteiger partial charge in [0.15, 0.2) is 0 Å². The van der Waals surface area contributed by atoms with Crippen LogP contribution in [0.3, 0.4) is 0 Å². The van der Waals surface area contributed by atoms with Crippen LogP contribution in [0.2, 0.25) is 0 Å². The van der Waals surface area contributed by atoms with Crippen molar-refractivity contribution >= 4 is 18.4 Å². The molecule has 5 heteroatoms. The second-order valence-electron chi connectivity index (χ2n) is 3.13. The van der Waals surface area contributed by atoms with Gasteiger partial charge in [-0.05, 0) is 19.3 Å². The van der Waals surface area contributed by atoms with Crippen molar-refractivity contribution in [2.75, 3.05) is 6.54 Å². The smallest absolute Gasteiger partial charge is 0.306 e. The fourth-order valence-corrected chi connectivity index (χ4v) is 1.47. The number of carboxylic acid groups (broad SMARTS) is 1. The van der Waals surface area contributed by atoms with Crippen molar-refractivity contribution in [1.82, 2.24) is 0 Å². The Bertz CT molecular complexity index is 179. The van der Waals surface area contributed by atoms with Crippen molar-refractivity contribution < 1.29 is 14.3 Å². The van der Waals surface area contributed by atoms with Crippen molar-refractivity contribution in [3.05, 3.63) is 0 Å². The van der Waals surface area contributed by atoms with Gasteiger partial charge >= 0.3 is 5.97 Å². The third kappa shape index (κ3) is 2.32. The summed E-state index contributed by atoms with van der Waals surface area (Å²) < 4.78 is 13.3. The fourth-order valence-electron chi connectivity index (χ4n) is 1.47. The predicted molar refractivity (Wildman–Crippen MR) is 45.1 cm³/mol. The molecule has 0 aliphatic heterocycles. The van der Waals surface area contributed by atoms with Crippen LogP contribution in [-0.4, -0.2) is 23.3 Å². The van der Waals surface area contributed by atoms with E-state index in [4.69, 9.17) is 10.8 Å². The molecule has 12 heavy (non-hydrogen) atoms. The Kier molecular flexibility index (Phi) is 3.93. The Labute approximate surface area is 76.5 Å². The van der Waals surface area contributed by atoms with E-state index in [-0.39, 0.29) is 25.4 Å². The zero-order valence-electron chi connectivity index (χ0n) is 6.62. The minimum Gasteiger partial charge on any atom is -0.481 e. The molecule has 3 N–H and O–H groups in total.